The summed E-state index contributed by atoms with van der Waals surface area (Å²) in [6.45, 7) is 14.5. The molecule has 0 bridgehead atoms. The van der Waals surface area contributed by atoms with Gasteiger partial charge in [0.05, 0.1) is 0 Å². The van der Waals surface area contributed by atoms with Gasteiger partial charge in [0.1, 0.15) is 0 Å². The highest BCUT2D eigenvalue weighted by Crippen LogP contribution is 2.74. The smallest absolute Gasteiger partial charge is 0.00495 e. The van der Waals surface area contributed by atoms with Gasteiger partial charge in [0.2, 0.25) is 0 Å². The summed E-state index contributed by atoms with van der Waals surface area (Å²) in [7, 11) is 4.36. The maximum atomic E-state index is 4.40. The second-order valence-corrected chi connectivity index (χ2v) is 7.59. The Morgan fingerprint density at radius 2 is 2.11 bits per heavy atom. The minimum Gasteiger partial charge on any atom is -0.309 e. The molecule has 3 aliphatic carbocycles. The Labute approximate surface area is 118 Å². The summed E-state index contributed by atoms with van der Waals surface area (Å²) in [6.07, 6.45) is 5.02. The van der Waals surface area contributed by atoms with E-state index in [0.717, 1.165) is 35.5 Å². The molecule has 106 valence electrons. The summed E-state index contributed by atoms with van der Waals surface area (Å²) in [4.78, 5) is 2.32. The first-order chi connectivity index (χ1) is 8.96. The second-order valence-electron chi connectivity index (χ2n) is 7.59. The van der Waals surface area contributed by atoms with Crippen LogP contribution in [0, 0.1) is 40.9 Å². The van der Waals surface area contributed by atoms with Crippen molar-refractivity contribution in [1.82, 2.24) is 4.90 Å². The average molecular weight is 259 g/mol. The van der Waals surface area contributed by atoms with Crippen molar-refractivity contribution in [2.75, 3.05) is 20.6 Å². The minimum atomic E-state index is 0.401. The topological polar surface area (TPSA) is 3.24 Å². The van der Waals surface area contributed by atoms with Gasteiger partial charge in [0.15, 0.2) is 0 Å². The van der Waals surface area contributed by atoms with Crippen molar-refractivity contribution >= 4 is 0 Å². The third kappa shape index (κ3) is 1.70. The van der Waals surface area contributed by atoms with Gasteiger partial charge in [-0.3, -0.25) is 0 Å². The highest BCUT2D eigenvalue weighted by atomic mass is 15.1. The molecule has 7 atom stereocenters. The molecule has 3 rings (SSSR count). The average Bonchev–Trinajstić information content (AvgIpc) is 3.17. The zero-order chi connectivity index (χ0) is 13.9. The summed E-state index contributed by atoms with van der Waals surface area (Å²) in [5.41, 5.74) is 1.92. The monoisotopic (exact) mass is 259 g/mol. The van der Waals surface area contributed by atoms with Crippen LogP contribution in [0.3, 0.4) is 0 Å². The molecular formula is C18H29N. The lowest BCUT2D eigenvalue weighted by atomic mass is 9.61. The summed E-state index contributed by atoms with van der Waals surface area (Å²) in [5, 5.41) is 0. The van der Waals surface area contributed by atoms with Crippen molar-refractivity contribution in [1.29, 1.82) is 0 Å². The van der Waals surface area contributed by atoms with Gasteiger partial charge in [-0.25, -0.2) is 0 Å². The molecule has 0 aliphatic heterocycles. The molecule has 1 heteroatoms. The summed E-state index contributed by atoms with van der Waals surface area (Å²) >= 11 is 0. The fourth-order valence-corrected chi connectivity index (χ4v) is 5.32. The Morgan fingerprint density at radius 3 is 2.63 bits per heavy atom. The molecule has 0 aromatic heterocycles. The zero-order valence-corrected chi connectivity index (χ0v) is 13.0. The number of hydrogen-bond acceptors (Lipinski definition) is 1. The number of hydrogen-bond donors (Lipinski definition) is 0. The van der Waals surface area contributed by atoms with Crippen molar-refractivity contribution in [3.8, 4) is 0 Å². The Morgan fingerprint density at radius 1 is 1.42 bits per heavy atom. The fraction of sp³-hybridized carbons (Fsp3) is 0.778. The molecule has 0 N–H and O–H groups in total. The van der Waals surface area contributed by atoms with Gasteiger partial charge in [0.25, 0.3) is 0 Å². The Bertz CT molecular complexity index is 410. The van der Waals surface area contributed by atoms with Crippen LogP contribution in [-0.4, -0.2) is 25.5 Å². The van der Waals surface area contributed by atoms with E-state index < -0.39 is 0 Å². The van der Waals surface area contributed by atoms with Crippen LogP contribution in [0.2, 0.25) is 0 Å². The van der Waals surface area contributed by atoms with E-state index in [2.05, 4.69) is 52.1 Å². The number of rotatable bonds is 6. The molecule has 0 aromatic rings. The molecule has 0 spiro atoms. The van der Waals surface area contributed by atoms with E-state index in [-0.39, 0.29) is 0 Å². The lowest BCUT2D eigenvalue weighted by molar-refractivity contribution is 0.0676. The molecule has 0 amide bonds. The first kappa shape index (κ1) is 13.4. The Balaban J connectivity index is 1.76. The lowest BCUT2D eigenvalue weighted by Crippen LogP contribution is -2.39. The van der Waals surface area contributed by atoms with Crippen LogP contribution < -0.4 is 0 Å². The summed E-state index contributed by atoms with van der Waals surface area (Å²) < 4.78 is 0. The van der Waals surface area contributed by atoms with E-state index in [1.165, 1.54) is 25.0 Å². The third-order valence-electron chi connectivity index (χ3n) is 6.57. The van der Waals surface area contributed by atoms with Gasteiger partial charge >= 0.3 is 0 Å². The first-order valence-electron chi connectivity index (χ1n) is 7.93. The maximum absolute atomic E-state index is 4.40. The van der Waals surface area contributed by atoms with E-state index in [0.29, 0.717) is 5.41 Å². The molecule has 19 heavy (non-hydrogen) atoms. The Kier molecular flexibility index (Phi) is 2.98. The standard InChI is InChI=1S/C18H29N/c1-7-12-13-9-14(13)17(12)15(8-2)18(4)11(3)16(18)10-19(5)6/h7,12-17H,1,3,8-10H2,2,4-6H3. The largest absolute Gasteiger partial charge is 0.309 e. The van der Waals surface area contributed by atoms with Crippen molar-refractivity contribution in [3.05, 3.63) is 24.8 Å². The molecule has 1 nitrogen and oxygen atoms in total. The van der Waals surface area contributed by atoms with Crippen LogP contribution in [0.5, 0.6) is 0 Å². The normalized spacial score (nSPS) is 48.5. The van der Waals surface area contributed by atoms with Crippen LogP contribution in [0.15, 0.2) is 24.8 Å². The van der Waals surface area contributed by atoms with Crippen molar-refractivity contribution in [2.24, 2.45) is 40.9 Å². The van der Waals surface area contributed by atoms with Crippen LogP contribution in [0.25, 0.3) is 0 Å². The van der Waals surface area contributed by atoms with Gasteiger partial charge in [-0.15, -0.1) is 6.58 Å². The quantitative estimate of drug-likeness (QED) is 0.655. The Hall–Kier alpha value is -0.560. The molecule has 3 aliphatic rings. The fourth-order valence-electron chi connectivity index (χ4n) is 5.32. The summed E-state index contributed by atoms with van der Waals surface area (Å²) in [5.74, 6) is 5.28. The SMILES string of the molecule is C=CC1C2CC2C1C(CC)C1(C)C(=C)C1CN(C)C. The van der Waals surface area contributed by atoms with Gasteiger partial charge in [-0.1, -0.05) is 38.5 Å². The zero-order valence-electron chi connectivity index (χ0n) is 13.0. The molecule has 0 saturated heterocycles. The van der Waals surface area contributed by atoms with Crippen molar-refractivity contribution in [2.45, 2.75) is 26.7 Å². The van der Waals surface area contributed by atoms with Crippen LogP contribution in [0.1, 0.15) is 26.7 Å². The minimum absolute atomic E-state index is 0.401. The molecule has 0 radical (unpaired) electrons. The highest BCUT2D eigenvalue weighted by molar-refractivity contribution is 5.38. The van der Waals surface area contributed by atoms with Crippen molar-refractivity contribution in [3.63, 3.8) is 0 Å². The van der Waals surface area contributed by atoms with Gasteiger partial charge in [-0.05, 0) is 55.5 Å². The molecule has 0 heterocycles. The third-order valence-corrected chi connectivity index (χ3v) is 6.57. The van der Waals surface area contributed by atoms with E-state index >= 15 is 0 Å². The number of allylic oxidation sites excluding steroid dienone is 1. The number of fused-ring (bicyclic) bond motifs is 1. The van der Waals surface area contributed by atoms with Gasteiger partial charge in [0, 0.05) is 12.5 Å². The highest BCUT2D eigenvalue weighted by Gasteiger charge is 2.68. The molecular weight excluding hydrogens is 230 g/mol. The molecule has 3 saturated carbocycles. The number of nitrogens with zero attached hydrogens (tertiary/aromatic N) is 1. The summed E-state index contributed by atoms with van der Waals surface area (Å²) in [6, 6.07) is 0. The molecule has 0 aromatic carbocycles. The van der Waals surface area contributed by atoms with E-state index in [1.807, 2.05) is 0 Å². The predicted molar refractivity (Wildman–Crippen MR) is 81.8 cm³/mol. The molecule has 3 fully saturated rings. The van der Waals surface area contributed by atoms with Crippen LogP contribution in [-0.2, 0) is 0 Å². The predicted octanol–water partition coefficient (Wildman–Crippen LogP) is 3.83. The van der Waals surface area contributed by atoms with E-state index in [9.17, 15) is 0 Å². The maximum Gasteiger partial charge on any atom is 0.00495 e. The van der Waals surface area contributed by atoms with Crippen LogP contribution >= 0.6 is 0 Å². The molecule has 7 unspecified atom stereocenters. The van der Waals surface area contributed by atoms with E-state index in [4.69, 9.17) is 0 Å². The van der Waals surface area contributed by atoms with Gasteiger partial charge in [-0.2, -0.15) is 0 Å². The first-order valence-corrected chi connectivity index (χ1v) is 7.93. The second kappa shape index (κ2) is 4.22. The van der Waals surface area contributed by atoms with Crippen molar-refractivity contribution < 1.29 is 0 Å². The van der Waals surface area contributed by atoms with Crippen LogP contribution in [0.4, 0.5) is 0 Å². The lowest BCUT2D eigenvalue weighted by Gasteiger charge is -2.43. The van der Waals surface area contributed by atoms with E-state index in [1.54, 1.807) is 0 Å². The van der Waals surface area contributed by atoms with Gasteiger partial charge < -0.3 is 4.90 Å².